The number of pyridine rings is 3. The van der Waals surface area contributed by atoms with Gasteiger partial charge in [0.25, 0.3) is 0 Å². The van der Waals surface area contributed by atoms with Crippen molar-refractivity contribution in [2.75, 3.05) is 10.8 Å². The number of hydrogen-bond donors (Lipinski definition) is 1. The molecule has 9 heteroatoms. The Balaban J connectivity index is 2.09. The van der Waals surface area contributed by atoms with Gasteiger partial charge in [-0.2, -0.15) is 0 Å². The maximum Gasteiger partial charge on any atom is 0.448 e. The summed E-state index contributed by atoms with van der Waals surface area (Å²) < 4.78 is 5.48. The molecule has 3 rings (SSSR count). The van der Waals surface area contributed by atoms with E-state index in [0.29, 0.717) is 22.6 Å². The number of ether oxygens (including phenoxy) is 1. The smallest absolute Gasteiger partial charge is 0.441 e. The lowest BCUT2D eigenvalue weighted by Crippen LogP contribution is -2.41. The second-order valence-electron chi connectivity index (χ2n) is 9.76. The predicted molar refractivity (Wildman–Crippen MR) is 126 cm³/mol. The van der Waals surface area contributed by atoms with Gasteiger partial charge in [-0.1, -0.05) is 0 Å². The molecular formula is C24H29N5O4. The molecular weight excluding hydrogens is 422 g/mol. The topological polar surface area (TPSA) is 121 Å². The molecule has 33 heavy (non-hydrogen) atoms. The first kappa shape index (κ1) is 23.9. The van der Waals surface area contributed by atoms with Gasteiger partial charge in [0.15, 0.2) is 0 Å². The number of hydrogen-bond acceptors (Lipinski definition) is 8. The van der Waals surface area contributed by atoms with E-state index in [2.05, 4.69) is 15.0 Å². The number of nitrogens with two attached hydrogens (primary N) is 1. The van der Waals surface area contributed by atoms with E-state index < -0.39 is 23.1 Å². The fraction of sp³-hybridized carbons (Fsp3) is 0.375. The fourth-order valence-electron chi connectivity index (χ4n) is 2.89. The summed E-state index contributed by atoms with van der Waals surface area (Å²) in [7, 11) is 0. The third-order valence-electron chi connectivity index (χ3n) is 4.65. The van der Waals surface area contributed by atoms with E-state index in [1.54, 1.807) is 73.1 Å². The van der Waals surface area contributed by atoms with Gasteiger partial charge in [0.05, 0.1) is 17.3 Å². The quantitative estimate of drug-likeness (QED) is 0.550. The summed E-state index contributed by atoms with van der Waals surface area (Å²) in [4.78, 5) is 44.0. The number of carbonyl (C=O) groups excluding carboxylic acids is 2. The second-order valence-corrected chi connectivity index (χ2v) is 9.76. The molecule has 3 aromatic rings. The molecule has 0 bridgehead atoms. The minimum Gasteiger partial charge on any atom is -0.441 e. The Kier molecular flexibility index (Phi) is 6.26. The van der Waals surface area contributed by atoms with E-state index in [4.69, 9.17) is 15.3 Å². The number of amides is 1. The van der Waals surface area contributed by atoms with Crippen LogP contribution in [-0.2, 0) is 14.4 Å². The zero-order chi connectivity index (χ0) is 24.6. The molecule has 2 N–H and O–H groups in total. The molecule has 0 aliphatic rings. The molecule has 0 atom stereocenters. The molecule has 0 unspecified atom stereocenters. The van der Waals surface area contributed by atoms with Gasteiger partial charge in [0, 0.05) is 29.5 Å². The number of aromatic nitrogens is 3. The zero-order valence-electron chi connectivity index (χ0n) is 20.0. The predicted octanol–water partition coefficient (Wildman–Crippen LogP) is 4.83. The first-order valence-electron chi connectivity index (χ1n) is 10.5. The number of carbonyl (C=O) groups is 2. The van der Waals surface area contributed by atoms with Crippen LogP contribution in [0, 0.1) is 12.3 Å². The molecule has 0 spiro atoms. The summed E-state index contributed by atoms with van der Waals surface area (Å²) in [6, 6.07) is 3.62. The first-order chi connectivity index (χ1) is 15.3. The van der Waals surface area contributed by atoms with Crippen LogP contribution in [0.15, 0.2) is 36.9 Å². The van der Waals surface area contributed by atoms with Crippen LogP contribution < -0.4 is 10.8 Å². The van der Waals surface area contributed by atoms with Crippen molar-refractivity contribution in [3.8, 4) is 11.3 Å². The Hall–Kier alpha value is -3.75. The largest absolute Gasteiger partial charge is 0.448 e. The Morgan fingerprint density at radius 3 is 2.24 bits per heavy atom. The van der Waals surface area contributed by atoms with Crippen LogP contribution in [0.4, 0.5) is 16.3 Å². The molecule has 0 aliphatic heterocycles. The number of nitrogens with zero attached hydrogens (tertiary/aromatic N) is 4. The van der Waals surface area contributed by atoms with E-state index in [1.165, 1.54) is 6.20 Å². The summed E-state index contributed by atoms with van der Waals surface area (Å²) >= 11 is 0. The SMILES string of the molecule is Cc1c(-c2cc3cc(N)ncc3cn2)cncc1N(OC(=O)C(C)(C)C)C(=O)OC(C)(C)C. The molecule has 0 saturated carbocycles. The van der Waals surface area contributed by atoms with Crippen LogP contribution >= 0.6 is 0 Å². The van der Waals surface area contributed by atoms with E-state index in [-0.39, 0.29) is 5.69 Å². The summed E-state index contributed by atoms with van der Waals surface area (Å²) in [6.07, 6.45) is 5.60. The standard InChI is InChI=1S/C24H29N5O4/c1-14-17(18-8-15-9-20(25)28-11-16(15)10-27-18)12-26-13-19(14)29(22(31)32-24(5,6)7)33-21(30)23(2,3)4/h8-13H,1-7H3,(H2,25,28). The van der Waals surface area contributed by atoms with E-state index in [1.807, 2.05) is 6.07 Å². The van der Waals surface area contributed by atoms with Crippen LogP contribution in [0.5, 0.6) is 0 Å². The zero-order valence-corrected chi connectivity index (χ0v) is 20.0. The highest BCUT2D eigenvalue weighted by molar-refractivity contribution is 5.92. The molecule has 0 aliphatic carbocycles. The van der Waals surface area contributed by atoms with Crippen LogP contribution in [0.25, 0.3) is 22.0 Å². The molecule has 0 saturated heterocycles. The molecule has 3 heterocycles. The average molecular weight is 452 g/mol. The lowest BCUT2D eigenvalue weighted by molar-refractivity contribution is -0.154. The maximum absolute atomic E-state index is 13.0. The normalized spacial score (nSPS) is 11.8. The second kappa shape index (κ2) is 8.65. The third kappa shape index (κ3) is 5.54. The number of hydroxylamine groups is 1. The van der Waals surface area contributed by atoms with Crippen molar-refractivity contribution in [3.05, 3.63) is 42.5 Å². The van der Waals surface area contributed by atoms with Crippen molar-refractivity contribution >= 4 is 34.3 Å². The van der Waals surface area contributed by atoms with E-state index in [9.17, 15) is 9.59 Å². The van der Waals surface area contributed by atoms with Crippen LogP contribution in [0.1, 0.15) is 47.1 Å². The lowest BCUT2D eigenvalue weighted by atomic mass is 9.98. The van der Waals surface area contributed by atoms with Crippen LogP contribution in [-0.4, -0.2) is 32.6 Å². The summed E-state index contributed by atoms with van der Waals surface area (Å²) in [5.41, 5.74) is 6.36. The number of nitrogen functional groups attached to an aromatic ring is 1. The highest BCUT2D eigenvalue weighted by atomic mass is 16.8. The highest BCUT2D eigenvalue weighted by Crippen LogP contribution is 2.32. The van der Waals surface area contributed by atoms with Gasteiger partial charge >= 0.3 is 12.1 Å². The Morgan fingerprint density at radius 2 is 1.61 bits per heavy atom. The van der Waals surface area contributed by atoms with Gasteiger partial charge in [0.2, 0.25) is 0 Å². The maximum atomic E-state index is 13.0. The van der Waals surface area contributed by atoms with Crippen molar-refractivity contribution in [1.29, 1.82) is 0 Å². The minimum absolute atomic E-state index is 0.274. The molecule has 3 aromatic heterocycles. The van der Waals surface area contributed by atoms with Crippen molar-refractivity contribution in [1.82, 2.24) is 15.0 Å². The summed E-state index contributed by atoms with van der Waals surface area (Å²) in [5, 5.41) is 2.55. The first-order valence-corrected chi connectivity index (χ1v) is 10.5. The van der Waals surface area contributed by atoms with Crippen LogP contribution in [0.2, 0.25) is 0 Å². The number of rotatable bonds is 2. The number of fused-ring (bicyclic) bond motifs is 1. The number of anilines is 2. The van der Waals surface area contributed by atoms with E-state index in [0.717, 1.165) is 15.8 Å². The Morgan fingerprint density at radius 1 is 0.939 bits per heavy atom. The van der Waals surface area contributed by atoms with Gasteiger partial charge in [-0.05, 0) is 71.5 Å². The monoisotopic (exact) mass is 451 g/mol. The highest BCUT2D eigenvalue weighted by Gasteiger charge is 2.33. The summed E-state index contributed by atoms with van der Waals surface area (Å²) in [5.74, 6) is -0.196. The van der Waals surface area contributed by atoms with E-state index >= 15 is 0 Å². The van der Waals surface area contributed by atoms with Gasteiger partial charge in [0.1, 0.15) is 17.1 Å². The molecule has 174 valence electrons. The lowest BCUT2D eigenvalue weighted by Gasteiger charge is -2.29. The van der Waals surface area contributed by atoms with Crippen molar-refractivity contribution in [2.45, 2.75) is 54.1 Å². The Bertz CT molecular complexity index is 1210. The molecule has 0 radical (unpaired) electrons. The van der Waals surface area contributed by atoms with Gasteiger partial charge in [-0.25, -0.2) is 14.6 Å². The van der Waals surface area contributed by atoms with Crippen molar-refractivity contribution in [3.63, 3.8) is 0 Å². The molecule has 1 amide bonds. The van der Waals surface area contributed by atoms with Gasteiger partial charge < -0.3 is 15.3 Å². The van der Waals surface area contributed by atoms with Gasteiger partial charge in [-0.15, -0.1) is 5.06 Å². The summed E-state index contributed by atoms with van der Waals surface area (Å²) in [6.45, 7) is 12.1. The van der Waals surface area contributed by atoms with Crippen molar-refractivity contribution in [2.24, 2.45) is 5.41 Å². The fourth-order valence-corrected chi connectivity index (χ4v) is 2.89. The minimum atomic E-state index is -0.840. The third-order valence-corrected chi connectivity index (χ3v) is 4.65. The van der Waals surface area contributed by atoms with Crippen LogP contribution in [0.3, 0.4) is 0 Å². The molecule has 0 fully saturated rings. The van der Waals surface area contributed by atoms with Gasteiger partial charge in [-0.3, -0.25) is 9.97 Å². The average Bonchev–Trinajstić information content (AvgIpc) is 2.69. The molecule has 9 nitrogen and oxygen atoms in total. The molecule has 0 aromatic carbocycles. The Labute approximate surface area is 192 Å². The van der Waals surface area contributed by atoms with Crippen molar-refractivity contribution < 1.29 is 19.2 Å².